The van der Waals surface area contributed by atoms with Crippen LogP contribution in [0.3, 0.4) is 0 Å². The van der Waals surface area contributed by atoms with Gasteiger partial charge in [-0.25, -0.2) is 4.79 Å². The van der Waals surface area contributed by atoms with Crippen LogP contribution in [-0.4, -0.2) is 70.2 Å². The monoisotopic (exact) mass is 515 g/mol. The molecule has 3 amide bonds. The summed E-state index contributed by atoms with van der Waals surface area (Å²) in [6, 6.07) is 16.6. The van der Waals surface area contributed by atoms with Gasteiger partial charge in [0.05, 0.1) is 11.4 Å². The molecule has 2 aromatic carbocycles. The molecule has 2 heterocycles. The summed E-state index contributed by atoms with van der Waals surface area (Å²) in [4.78, 5) is 53.0. The van der Waals surface area contributed by atoms with E-state index in [-0.39, 0.29) is 31.0 Å². The number of nitrogens with one attached hydrogen (secondary N) is 1. The zero-order chi connectivity index (χ0) is 23.4. The second-order valence-corrected chi connectivity index (χ2v) is 8.17. The van der Waals surface area contributed by atoms with Crippen LogP contribution in [0.5, 0.6) is 5.75 Å². The highest BCUT2D eigenvalue weighted by atomic mass is 79.9. The summed E-state index contributed by atoms with van der Waals surface area (Å²) < 4.78 is 10.8. The number of halogens is 1. The molecule has 33 heavy (non-hydrogen) atoms. The Bertz CT molecular complexity index is 1040. The molecule has 2 aliphatic rings. The molecule has 0 spiro atoms. The van der Waals surface area contributed by atoms with Gasteiger partial charge in [-0.3, -0.25) is 14.4 Å². The Morgan fingerprint density at radius 2 is 1.70 bits per heavy atom. The Balaban J connectivity index is 1.39. The van der Waals surface area contributed by atoms with Gasteiger partial charge < -0.3 is 24.6 Å². The van der Waals surface area contributed by atoms with Crippen LogP contribution in [0, 0.1) is 0 Å². The van der Waals surface area contributed by atoms with E-state index in [4.69, 9.17) is 9.47 Å². The number of esters is 1. The average molecular weight is 516 g/mol. The molecule has 3 atom stereocenters. The quantitative estimate of drug-likeness (QED) is 0.320. The predicted octanol–water partition coefficient (Wildman–Crippen LogP) is 1.07. The fraction of sp³-hybridized carbons (Fsp3) is 0.304. The van der Waals surface area contributed by atoms with Gasteiger partial charge in [-0.15, -0.1) is 0 Å². The van der Waals surface area contributed by atoms with Crippen molar-refractivity contribution in [3.63, 3.8) is 0 Å². The van der Waals surface area contributed by atoms with Gasteiger partial charge in [-0.2, -0.15) is 0 Å². The lowest BCUT2D eigenvalue weighted by atomic mass is 9.96. The van der Waals surface area contributed by atoms with Crippen molar-refractivity contribution in [3.05, 3.63) is 66.2 Å². The third-order valence-corrected chi connectivity index (χ3v) is 5.98. The van der Waals surface area contributed by atoms with Gasteiger partial charge >= 0.3 is 5.97 Å². The summed E-state index contributed by atoms with van der Waals surface area (Å²) in [7, 11) is 0. The minimum atomic E-state index is -1.16. The van der Waals surface area contributed by atoms with Crippen LogP contribution in [0.2, 0.25) is 0 Å². The zero-order valence-electron chi connectivity index (χ0n) is 17.6. The molecule has 2 unspecified atom stereocenters. The van der Waals surface area contributed by atoms with E-state index in [9.17, 15) is 19.2 Å². The third kappa shape index (κ3) is 4.85. The summed E-state index contributed by atoms with van der Waals surface area (Å²) >= 11 is 3.12. The largest absolute Gasteiger partial charge is 0.484 e. The van der Waals surface area contributed by atoms with Crippen LogP contribution in [0.1, 0.15) is 5.56 Å². The second-order valence-electron chi connectivity index (χ2n) is 7.61. The smallest absolute Gasteiger partial charge is 0.350 e. The van der Waals surface area contributed by atoms with E-state index < -0.39 is 36.0 Å². The van der Waals surface area contributed by atoms with Crippen LogP contribution in [0.15, 0.2) is 60.7 Å². The maximum Gasteiger partial charge on any atom is 0.350 e. The maximum atomic E-state index is 12.8. The Kier molecular flexibility index (Phi) is 6.93. The SMILES string of the molecule is O=C(COc1ccccc1)N[C@H]1C(=O)N2C1CN(C(=O)CBr)C2C(=O)OCc1ccccc1. The molecule has 4 rings (SSSR count). The lowest BCUT2D eigenvalue weighted by molar-refractivity contribution is -0.170. The van der Waals surface area contributed by atoms with Gasteiger partial charge in [0.25, 0.3) is 5.91 Å². The van der Waals surface area contributed by atoms with Gasteiger partial charge in [0.15, 0.2) is 6.61 Å². The van der Waals surface area contributed by atoms with E-state index in [1.807, 2.05) is 36.4 Å². The summed E-state index contributed by atoms with van der Waals surface area (Å²) in [5.74, 6) is -1.42. The second kappa shape index (κ2) is 10.0. The van der Waals surface area contributed by atoms with E-state index in [1.54, 1.807) is 24.3 Å². The van der Waals surface area contributed by atoms with Crippen LogP contribution >= 0.6 is 15.9 Å². The van der Waals surface area contributed by atoms with E-state index in [2.05, 4.69) is 21.2 Å². The maximum absolute atomic E-state index is 12.8. The van der Waals surface area contributed by atoms with Gasteiger partial charge in [-0.05, 0) is 17.7 Å². The number of fused-ring (bicyclic) bond motifs is 1. The molecule has 9 nitrogen and oxygen atoms in total. The number of amides is 3. The van der Waals surface area contributed by atoms with Crippen LogP contribution < -0.4 is 10.1 Å². The van der Waals surface area contributed by atoms with E-state index in [0.29, 0.717) is 5.75 Å². The number of ether oxygens (including phenoxy) is 2. The number of β-lactam (4-membered cyclic amide) rings is 1. The van der Waals surface area contributed by atoms with Crippen LogP contribution in [0.4, 0.5) is 0 Å². The lowest BCUT2D eigenvalue weighted by Crippen LogP contribution is -2.71. The van der Waals surface area contributed by atoms with Crippen molar-refractivity contribution in [3.8, 4) is 5.75 Å². The molecular weight excluding hydrogens is 494 g/mol. The summed E-state index contributed by atoms with van der Waals surface area (Å²) in [5, 5.41) is 2.64. The molecule has 0 radical (unpaired) electrons. The third-order valence-electron chi connectivity index (χ3n) is 5.50. The first-order valence-corrected chi connectivity index (χ1v) is 11.5. The molecular formula is C23H22BrN3O6. The highest BCUT2D eigenvalue weighted by molar-refractivity contribution is 9.09. The number of para-hydroxylation sites is 1. The first-order valence-electron chi connectivity index (χ1n) is 10.3. The number of carbonyl (C=O) groups excluding carboxylic acids is 4. The van der Waals surface area contributed by atoms with Gasteiger partial charge in [0.2, 0.25) is 18.0 Å². The summed E-state index contributed by atoms with van der Waals surface area (Å²) in [6.07, 6.45) is -1.16. The molecule has 0 aliphatic carbocycles. The molecule has 2 aliphatic heterocycles. The van der Waals surface area contributed by atoms with Gasteiger partial charge in [0, 0.05) is 6.54 Å². The van der Waals surface area contributed by atoms with E-state index in [1.165, 1.54) is 9.80 Å². The molecule has 2 saturated heterocycles. The number of carbonyl (C=O) groups is 4. The van der Waals surface area contributed by atoms with Crippen molar-refractivity contribution in [2.75, 3.05) is 18.5 Å². The normalized spacial score (nSPS) is 21.1. The number of hydrogen-bond donors (Lipinski definition) is 1. The van der Waals surface area contributed by atoms with E-state index >= 15 is 0 Å². The average Bonchev–Trinajstić information content (AvgIpc) is 3.22. The Morgan fingerprint density at radius 3 is 2.36 bits per heavy atom. The fourth-order valence-corrected chi connectivity index (χ4v) is 4.23. The number of hydrogen-bond acceptors (Lipinski definition) is 6. The van der Waals surface area contributed by atoms with Crippen LogP contribution in [-0.2, 0) is 30.5 Å². The van der Waals surface area contributed by atoms with Crippen molar-refractivity contribution >= 4 is 39.6 Å². The van der Waals surface area contributed by atoms with Crippen molar-refractivity contribution < 1.29 is 28.7 Å². The van der Waals surface area contributed by atoms with Crippen LogP contribution in [0.25, 0.3) is 0 Å². The zero-order valence-corrected chi connectivity index (χ0v) is 19.1. The Labute approximate surface area is 198 Å². The number of benzene rings is 2. The minimum Gasteiger partial charge on any atom is -0.484 e. The first-order chi connectivity index (χ1) is 16.0. The lowest BCUT2D eigenvalue weighted by Gasteiger charge is -2.43. The highest BCUT2D eigenvalue weighted by Gasteiger charge is 2.61. The number of rotatable bonds is 8. The van der Waals surface area contributed by atoms with Crippen molar-refractivity contribution in [2.45, 2.75) is 24.9 Å². The predicted molar refractivity (Wildman–Crippen MR) is 120 cm³/mol. The highest BCUT2D eigenvalue weighted by Crippen LogP contribution is 2.33. The molecule has 2 aromatic rings. The number of nitrogens with zero attached hydrogens (tertiary/aromatic N) is 2. The standard InChI is InChI=1S/C23H22BrN3O6/c24-11-19(29)26-12-17-20(25-18(28)14-32-16-9-5-2-6-10-16)22(30)27(17)21(26)23(31)33-13-15-7-3-1-4-8-15/h1-10,17,20-21H,11-14H2,(H,25,28)/t17?,20-,21?/m1/s1. The topological polar surface area (TPSA) is 105 Å². The van der Waals surface area contributed by atoms with E-state index in [0.717, 1.165) is 5.56 Å². The summed E-state index contributed by atoms with van der Waals surface area (Å²) in [5.41, 5.74) is 0.789. The minimum absolute atomic E-state index is 0.00778. The van der Waals surface area contributed by atoms with Gasteiger partial charge in [-0.1, -0.05) is 64.5 Å². The Hall–Kier alpha value is -3.40. The molecule has 0 bridgehead atoms. The molecule has 1 N–H and O–H groups in total. The molecule has 172 valence electrons. The van der Waals surface area contributed by atoms with Crippen molar-refractivity contribution in [1.82, 2.24) is 15.1 Å². The number of alkyl halides is 1. The van der Waals surface area contributed by atoms with Gasteiger partial charge in [0.1, 0.15) is 18.4 Å². The molecule has 2 fully saturated rings. The Morgan fingerprint density at radius 1 is 1.03 bits per heavy atom. The van der Waals surface area contributed by atoms with Crippen molar-refractivity contribution in [2.24, 2.45) is 0 Å². The fourth-order valence-electron chi connectivity index (χ4n) is 3.91. The molecule has 0 saturated carbocycles. The summed E-state index contributed by atoms with van der Waals surface area (Å²) in [6.45, 7) is -0.116. The first kappa shape index (κ1) is 22.8. The molecule has 0 aromatic heterocycles. The van der Waals surface area contributed by atoms with Crippen molar-refractivity contribution in [1.29, 1.82) is 0 Å². The molecule has 10 heteroatoms.